The summed E-state index contributed by atoms with van der Waals surface area (Å²) in [5, 5.41) is 0. The fourth-order valence-corrected chi connectivity index (χ4v) is 1.31. The van der Waals surface area contributed by atoms with Crippen LogP contribution in [0.5, 0.6) is 0 Å². The fourth-order valence-electron chi connectivity index (χ4n) is 1.31. The summed E-state index contributed by atoms with van der Waals surface area (Å²) in [4.78, 5) is 0. The third kappa shape index (κ3) is 2.75. The standard InChI is InChI=1S/C11H16/c1-9(2)7-11-6-4-5-10(3)8-11/h4-6,8-9H,7H2,1-3H3. The van der Waals surface area contributed by atoms with Crippen LogP contribution in [-0.2, 0) is 6.42 Å². The zero-order chi connectivity index (χ0) is 8.27. The number of hydrogen-bond acceptors (Lipinski definition) is 0. The SMILES string of the molecule is Cc1cccc(CC(C)C)c1. The zero-order valence-corrected chi connectivity index (χ0v) is 7.59. The Morgan fingerprint density at radius 2 is 2.00 bits per heavy atom. The van der Waals surface area contributed by atoms with E-state index in [-0.39, 0.29) is 0 Å². The summed E-state index contributed by atoms with van der Waals surface area (Å²) in [7, 11) is 0. The van der Waals surface area contributed by atoms with Crippen LogP contribution in [0, 0.1) is 12.8 Å². The molecule has 0 heterocycles. The van der Waals surface area contributed by atoms with Crippen LogP contribution in [0.1, 0.15) is 25.0 Å². The molecule has 0 unspecified atom stereocenters. The predicted molar refractivity (Wildman–Crippen MR) is 49.7 cm³/mol. The first-order valence-corrected chi connectivity index (χ1v) is 4.24. The van der Waals surface area contributed by atoms with Crippen LogP contribution in [0.15, 0.2) is 24.3 Å². The summed E-state index contributed by atoms with van der Waals surface area (Å²) < 4.78 is 0. The average molecular weight is 148 g/mol. The van der Waals surface area contributed by atoms with Crippen molar-refractivity contribution >= 4 is 0 Å². The molecule has 11 heavy (non-hydrogen) atoms. The van der Waals surface area contributed by atoms with E-state index >= 15 is 0 Å². The Morgan fingerprint density at radius 1 is 1.27 bits per heavy atom. The lowest BCUT2D eigenvalue weighted by Gasteiger charge is -2.04. The van der Waals surface area contributed by atoms with Gasteiger partial charge >= 0.3 is 0 Å². The molecule has 0 spiro atoms. The first-order chi connectivity index (χ1) is 5.18. The molecular weight excluding hydrogens is 132 g/mol. The zero-order valence-electron chi connectivity index (χ0n) is 7.59. The molecule has 0 N–H and O–H groups in total. The Kier molecular flexibility index (Phi) is 2.70. The van der Waals surface area contributed by atoms with E-state index in [1.807, 2.05) is 0 Å². The van der Waals surface area contributed by atoms with E-state index in [0.717, 1.165) is 5.92 Å². The van der Waals surface area contributed by atoms with Crippen molar-refractivity contribution in [1.29, 1.82) is 0 Å². The molecule has 0 aromatic heterocycles. The van der Waals surface area contributed by atoms with E-state index in [0.29, 0.717) is 0 Å². The Bertz CT molecular complexity index is 223. The fraction of sp³-hybridized carbons (Fsp3) is 0.455. The molecule has 1 rings (SSSR count). The Balaban J connectivity index is 2.71. The van der Waals surface area contributed by atoms with E-state index in [2.05, 4.69) is 45.0 Å². The minimum atomic E-state index is 0.761. The van der Waals surface area contributed by atoms with E-state index in [1.165, 1.54) is 17.5 Å². The highest BCUT2D eigenvalue weighted by Gasteiger charge is 1.96. The lowest BCUT2D eigenvalue weighted by molar-refractivity contribution is 0.647. The quantitative estimate of drug-likeness (QED) is 0.604. The van der Waals surface area contributed by atoms with Crippen molar-refractivity contribution in [3.05, 3.63) is 35.4 Å². The molecule has 60 valence electrons. The smallest absolute Gasteiger partial charge is 0.0256 e. The topological polar surface area (TPSA) is 0 Å². The Morgan fingerprint density at radius 3 is 2.55 bits per heavy atom. The summed E-state index contributed by atoms with van der Waals surface area (Å²) in [6.07, 6.45) is 1.20. The molecular formula is C11H16. The second-order valence-electron chi connectivity index (χ2n) is 3.59. The van der Waals surface area contributed by atoms with Gasteiger partial charge in [0, 0.05) is 0 Å². The molecule has 0 fully saturated rings. The second-order valence-corrected chi connectivity index (χ2v) is 3.59. The highest BCUT2D eigenvalue weighted by atomic mass is 14.0. The minimum absolute atomic E-state index is 0.761. The normalized spacial score (nSPS) is 10.5. The maximum absolute atomic E-state index is 2.26. The van der Waals surface area contributed by atoms with Crippen molar-refractivity contribution in [2.45, 2.75) is 27.2 Å². The molecule has 1 aromatic rings. The third-order valence-corrected chi connectivity index (χ3v) is 1.73. The number of rotatable bonds is 2. The maximum Gasteiger partial charge on any atom is -0.0256 e. The van der Waals surface area contributed by atoms with Crippen LogP contribution in [0.25, 0.3) is 0 Å². The van der Waals surface area contributed by atoms with Gasteiger partial charge in [0.2, 0.25) is 0 Å². The molecule has 0 aliphatic heterocycles. The van der Waals surface area contributed by atoms with E-state index in [9.17, 15) is 0 Å². The van der Waals surface area contributed by atoms with Crippen LogP contribution in [0.3, 0.4) is 0 Å². The van der Waals surface area contributed by atoms with Gasteiger partial charge < -0.3 is 0 Å². The predicted octanol–water partition coefficient (Wildman–Crippen LogP) is 3.19. The molecule has 0 saturated carbocycles. The summed E-state index contributed by atoms with van der Waals surface area (Å²) >= 11 is 0. The van der Waals surface area contributed by atoms with Gasteiger partial charge in [-0.25, -0.2) is 0 Å². The van der Waals surface area contributed by atoms with Gasteiger partial charge in [0.15, 0.2) is 0 Å². The minimum Gasteiger partial charge on any atom is -0.0625 e. The average Bonchev–Trinajstić information content (AvgIpc) is 1.85. The monoisotopic (exact) mass is 148 g/mol. The van der Waals surface area contributed by atoms with Crippen LogP contribution in [-0.4, -0.2) is 0 Å². The molecule has 0 radical (unpaired) electrons. The lowest BCUT2D eigenvalue weighted by atomic mass is 10.0. The van der Waals surface area contributed by atoms with Crippen LogP contribution in [0.4, 0.5) is 0 Å². The van der Waals surface area contributed by atoms with Gasteiger partial charge in [0.25, 0.3) is 0 Å². The molecule has 0 heteroatoms. The van der Waals surface area contributed by atoms with Crippen molar-refractivity contribution in [3.8, 4) is 0 Å². The molecule has 0 saturated heterocycles. The lowest BCUT2D eigenvalue weighted by Crippen LogP contribution is -1.93. The van der Waals surface area contributed by atoms with Gasteiger partial charge in [-0.15, -0.1) is 0 Å². The van der Waals surface area contributed by atoms with Crippen molar-refractivity contribution in [3.63, 3.8) is 0 Å². The second kappa shape index (κ2) is 3.56. The summed E-state index contributed by atoms with van der Waals surface area (Å²) in [5.74, 6) is 0.761. The molecule has 0 bridgehead atoms. The molecule has 0 nitrogen and oxygen atoms in total. The summed E-state index contributed by atoms with van der Waals surface area (Å²) in [5.41, 5.74) is 2.82. The highest BCUT2D eigenvalue weighted by molar-refractivity contribution is 5.22. The van der Waals surface area contributed by atoms with Gasteiger partial charge in [0.1, 0.15) is 0 Å². The van der Waals surface area contributed by atoms with Crippen molar-refractivity contribution in [2.75, 3.05) is 0 Å². The van der Waals surface area contributed by atoms with Gasteiger partial charge in [-0.3, -0.25) is 0 Å². The largest absolute Gasteiger partial charge is 0.0625 e. The number of hydrogen-bond donors (Lipinski definition) is 0. The third-order valence-electron chi connectivity index (χ3n) is 1.73. The van der Waals surface area contributed by atoms with E-state index < -0.39 is 0 Å². The van der Waals surface area contributed by atoms with Crippen LogP contribution < -0.4 is 0 Å². The van der Waals surface area contributed by atoms with Crippen molar-refractivity contribution in [2.24, 2.45) is 5.92 Å². The highest BCUT2D eigenvalue weighted by Crippen LogP contribution is 2.09. The molecule has 0 aliphatic carbocycles. The van der Waals surface area contributed by atoms with Crippen molar-refractivity contribution in [1.82, 2.24) is 0 Å². The van der Waals surface area contributed by atoms with E-state index in [1.54, 1.807) is 0 Å². The first-order valence-electron chi connectivity index (χ1n) is 4.24. The number of benzene rings is 1. The molecule has 1 aromatic carbocycles. The van der Waals surface area contributed by atoms with Gasteiger partial charge in [-0.1, -0.05) is 43.7 Å². The Hall–Kier alpha value is -0.780. The summed E-state index contributed by atoms with van der Waals surface area (Å²) in [6.45, 7) is 6.65. The van der Waals surface area contributed by atoms with Crippen LogP contribution in [0.2, 0.25) is 0 Å². The molecule has 0 atom stereocenters. The first kappa shape index (κ1) is 8.32. The number of aryl methyl sites for hydroxylation is 1. The van der Waals surface area contributed by atoms with Crippen molar-refractivity contribution < 1.29 is 0 Å². The maximum atomic E-state index is 2.26. The van der Waals surface area contributed by atoms with Gasteiger partial charge in [0.05, 0.1) is 0 Å². The van der Waals surface area contributed by atoms with Crippen LogP contribution >= 0.6 is 0 Å². The van der Waals surface area contributed by atoms with Gasteiger partial charge in [-0.2, -0.15) is 0 Å². The summed E-state index contributed by atoms with van der Waals surface area (Å²) in [6, 6.07) is 8.74. The van der Waals surface area contributed by atoms with E-state index in [4.69, 9.17) is 0 Å². The molecule has 0 aliphatic rings. The van der Waals surface area contributed by atoms with Gasteiger partial charge in [-0.05, 0) is 24.8 Å². The molecule has 0 amide bonds. The Labute approximate surface area is 69.3 Å².